The SMILES string of the molecule is CC1CCNCC1NC(=O)C1CCN(C(=O)N(C)C)CC1.Cl. The summed E-state index contributed by atoms with van der Waals surface area (Å²) in [5, 5.41) is 6.52. The van der Waals surface area contributed by atoms with Crippen molar-refractivity contribution in [2.24, 2.45) is 11.8 Å². The zero-order chi connectivity index (χ0) is 15.4. The molecule has 2 heterocycles. The van der Waals surface area contributed by atoms with Crippen LogP contribution in [0.15, 0.2) is 0 Å². The summed E-state index contributed by atoms with van der Waals surface area (Å²) in [5.41, 5.74) is 0. The lowest BCUT2D eigenvalue weighted by Crippen LogP contribution is -2.53. The summed E-state index contributed by atoms with van der Waals surface area (Å²) in [4.78, 5) is 27.7. The van der Waals surface area contributed by atoms with E-state index in [1.165, 1.54) is 0 Å². The molecule has 2 N–H and O–H groups in total. The van der Waals surface area contributed by atoms with Crippen LogP contribution in [0.25, 0.3) is 0 Å². The Kier molecular flexibility index (Phi) is 7.42. The fraction of sp³-hybridized carbons (Fsp3) is 0.867. The summed E-state index contributed by atoms with van der Waals surface area (Å²) >= 11 is 0. The van der Waals surface area contributed by atoms with Crippen molar-refractivity contribution >= 4 is 24.3 Å². The number of hydrogen-bond donors (Lipinski definition) is 2. The highest BCUT2D eigenvalue weighted by Crippen LogP contribution is 2.19. The summed E-state index contributed by atoms with van der Waals surface area (Å²) in [5.74, 6) is 0.739. The number of piperidine rings is 2. The van der Waals surface area contributed by atoms with Gasteiger partial charge in [-0.25, -0.2) is 4.79 Å². The van der Waals surface area contributed by atoms with Gasteiger partial charge < -0.3 is 20.4 Å². The third-order valence-electron chi connectivity index (χ3n) is 4.67. The van der Waals surface area contributed by atoms with E-state index < -0.39 is 0 Å². The third kappa shape index (κ3) is 4.74. The second-order valence-electron chi connectivity index (χ2n) is 6.52. The highest BCUT2D eigenvalue weighted by Gasteiger charge is 2.30. The largest absolute Gasteiger partial charge is 0.352 e. The first-order valence-electron chi connectivity index (χ1n) is 7.96. The van der Waals surface area contributed by atoms with Gasteiger partial charge in [0.1, 0.15) is 0 Å². The van der Waals surface area contributed by atoms with Crippen molar-refractivity contribution in [3.63, 3.8) is 0 Å². The Morgan fingerprint density at radius 3 is 2.36 bits per heavy atom. The summed E-state index contributed by atoms with van der Waals surface area (Å²) in [6, 6.07) is 0.284. The Hall–Kier alpha value is -1.01. The number of amides is 3. The van der Waals surface area contributed by atoms with E-state index in [4.69, 9.17) is 0 Å². The predicted molar refractivity (Wildman–Crippen MR) is 89.2 cm³/mol. The molecule has 6 nitrogen and oxygen atoms in total. The summed E-state index contributed by atoms with van der Waals surface area (Å²) in [6.45, 7) is 5.45. The van der Waals surface area contributed by atoms with E-state index in [2.05, 4.69) is 17.6 Å². The van der Waals surface area contributed by atoms with Crippen LogP contribution in [0.2, 0.25) is 0 Å². The minimum atomic E-state index is 0. The van der Waals surface area contributed by atoms with Gasteiger partial charge in [-0.05, 0) is 31.7 Å². The molecule has 0 radical (unpaired) electrons. The molecular weight excluding hydrogens is 304 g/mol. The molecule has 0 aliphatic carbocycles. The number of halogens is 1. The molecule has 0 bridgehead atoms. The average molecular weight is 333 g/mol. The lowest BCUT2D eigenvalue weighted by molar-refractivity contribution is -0.127. The fourth-order valence-electron chi connectivity index (χ4n) is 3.10. The van der Waals surface area contributed by atoms with Crippen LogP contribution in [-0.4, -0.2) is 68.1 Å². The minimum absolute atomic E-state index is 0. The van der Waals surface area contributed by atoms with E-state index in [0.717, 1.165) is 32.4 Å². The van der Waals surface area contributed by atoms with Crippen LogP contribution >= 0.6 is 12.4 Å². The van der Waals surface area contributed by atoms with Gasteiger partial charge in [0.25, 0.3) is 0 Å². The van der Waals surface area contributed by atoms with Crippen LogP contribution in [0.4, 0.5) is 4.79 Å². The van der Waals surface area contributed by atoms with Crippen molar-refractivity contribution in [1.29, 1.82) is 0 Å². The second-order valence-corrected chi connectivity index (χ2v) is 6.52. The topological polar surface area (TPSA) is 64.7 Å². The smallest absolute Gasteiger partial charge is 0.319 e. The van der Waals surface area contributed by atoms with E-state index in [1.807, 2.05) is 4.90 Å². The second kappa shape index (κ2) is 8.58. The van der Waals surface area contributed by atoms with Gasteiger partial charge in [0.2, 0.25) is 5.91 Å². The number of carbonyl (C=O) groups excluding carboxylic acids is 2. The van der Waals surface area contributed by atoms with E-state index >= 15 is 0 Å². The molecule has 0 saturated carbocycles. The predicted octanol–water partition coefficient (Wildman–Crippen LogP) is 0.916. The molecular formula is C15H29ClN4O2. The summed E-state index contributed by atoms with van der Waals surface area (Å²) < 4.78 is 0. The molecule has 128 valence electrons. The van der Waals surface area contributed by atoms with Crippen LogP contribution in [0.5, 0.6) is 0 Å². The summed E-state index contributed by atoms with van der Waals surface area (Å²) in [7, 11) is 3.52. The normalized spacial score (nSPS) is 26.0. The molecule has 0 spiro atoms. The molecule has 2 atom stereocenters. The maximum absolute atomic E-state index is 12.4. The van der Waals surface area contributed by atoms with E-state index in [9.17, 15) is 9.59 Å². The third-order valence-corrected chi connectivity index (χ3v) is 4.67. The zero-order valence-electron chi connectivity index (χ0n) is 13.8. The number of likely N-dealkylation sites (tertiary alicyclic amines) is 1. The molecule has 0 aromatic rings. The van der Waals surface area contributed by atoms with Crippen LogP contribution in [0.1, 0.15) is 26.2 Å². The molecule has 2 fully saturated rings. The van der Waals surface area contributed by atoms with Crippen LogP contribution < -0.4 is 10.6 Å². The van der Waals surface area contributed by atoms with Gasteiger partial charge in [-0.2, -0.15) is 0 Å². The maximum atomic E-state index is 12.4. The van der Waals surface area contributed by atoms with E-state index in [1.54, 1.807) is 19.0 Å². The van der Waals surface area contributed by atoms with Gasteiger partial charge in [-0.1, -0.05) is 6.92 Å². The Morgan fingerprint density at radius 2 is 1.82 bits per heavy atom. The van der Waals surface area contributed by atoms with Gasteiger partial charge in [0.05, 0.1) is 0 Å². The van der Waals surface area contributed by atoms with Gasteiger partial charge in [-0.3, -0.25) is 4.79 Å². The van der Waals surface area contributed by atoms with Crippen molar-refractivity contribution < 1.29 is 9.59 Å². The van der Waals surface area contributed by atoms with Gasteiger partial charge in [0.15, 0.2) is 0 Å². The number of rotatable bonds is 2. The maximum Gasteiger partial charge on any atom is 0.319 e. The van der Waals surface area contributed by atoms with Crippen LogP contribution in [-0.2, 0) is 4.79 Å². The molecule has 22 heavy (non-hydrogen) atoms. The van der Waals surface area contributed by atoms with Crippen LogP contribution in [0.3, 0.4) is 0 Å². The van der Waals surface area contributed by atoms with Gasteiger partial charge in [-0.15, -0.1) is 12.4 Å². The highest BCUT2D eigenvalue weighted by molar-refractivity contribution is 5.85. The molecule has 0 aromatic carbocycles. The first kappa shape index (κ1) is 19.0. The van der Waals surface area contributed by atoms with Crippen molar-refractivity contribution in [1.82, 2.24) is 20.4 Å². The van der Waals surface area contributed by atoms with Crippen molar-refractivity contribution in [2.45, 2.75) is 32.2 Å². The lowest BCUT2D eigenvalue weighted by atomic mass is 9.92. The Morgan fingerprint density at radius 1 is 1.18 bits per heavy atom. The van der Waals surface area contributed by atoms with Crippen molar-refractivity contribution in [3.05, 3.63) is 0 Å². The fourth-order valence-corrected chi connectivity index (χ4v) is 3.10. The van der Waals surface area contributed by atoms with Crippen LogP contribution in [0, 0.1) is 11.8 Å². The summed E-state index contributed by atoms with van der Waals surface area (Å²) in [6.07, 6.45) is 2.64. The number of hydrogen-bond acceptors (Lipinski definition) is 3. The Labute approximate surface area is 139 Å². The highest BCUT2D eigenvalue weighted by atomic mass is 35.5. The Balaban J connectivity index is 0.00000242. The van der Waals surface area contributed by atoms with Gasteiger partial charge in [0, 0.05) is 45.7 Å². The molecule has 2 saturated heterocycles. The molecule has 0 aromatic heterocycles. The number of carbonyl (C=O) groups is 2. The monoisotopic (exact) mass is 332 g/mol. The molecule has 2 aliphatic rings. The number of nitrogens with one attached hydrogen (secondary N) is 2. The average Bonchev–Trinajstić information content (AvgIpc) is 2.49. The van der Waals surface area contributed by atoms with E-state index in [-0.39, 0.29) is 36.3 Å². The first-order chi connectivity index (χ1) is 9.99. The number of urea groups is 1. The molecule has 2 unspecified atom stereocenters. The molecule has 2 rings (SSSR count). The Bertz CT molecular complexity index is 384. The van der Waals surface area contributed by atoms with Crippen molar-refractivity contribution in [2.75, 3.05) is 40.3 Å². The molecule has 2 aliphatic heterocycles. The van der Waals surface area contributed by atoms with Gasteiger partial charge >= 0.3 is 6.03 Å². The first-order valence-corrected chi connectivity index (χ1v) is 7.96. The molecule has 7 heteroatoms. The number of nitrogens with zero attached hydrogens (tertiary/aromatic N) is 2. The standard InChI is InChI=1S/C15H28N4O2.ClH/c1-11-4-7-16-10-13(11)17-14(20)12-5-8-19(9-6-12)15(21)18(2)3;/h11-13,16H,4-10H2,1-3H3,(H,17,20);1H. The minimum Gasteiger partial charge on any atom is -0.352 e. The lowest BCUT2D eigenvalue weighted by Gasteiger charge is -2.35. The van der Waals surface area contributed by atoms with Crippen molar-refractivity contribution in [3.8, 4) is 0 Å². The zero-order valence-corrected chi connectivity index (χ0v) is 14.6. The van der Waals surface area contributed by atoms with E-state index in [0.29, 0.717) is 19.0 Å². The molecule has 3 amide bonds. The quantitative estimate of drug-likeness (QED) is 0.790.